The van der Waals surface area contributed by atoms with Crippen molar-refractivity contribution < 1.29 is 0 Å². The molecular weight excluding hydrogens is 378 g/mol. The number of nitrogens with two attached hydrogens (primary N) is 2. The van der Waals surface area contributed by atoms with Crippen LogP contribution in [-0.4, -0.2) is 27.0 Å². The van der Waals surface area contributed by atoms with E-state index in [2.05, 4.69) is 38.2 Å². The van der Waals surface area contributed by atoms with Gasteiger partial charge in [0.2, 0.25) is 0 Å². The van der Waals surface area contributed by atoms with Gasteiger partial charge in [-0.15, -0.1) is 5.53 Å². The first-order chi connectivity index (χ1) is 14.3. The Labute approximate surface area is 175 Å². The summed E-state index contributed by atoms with van der Waals surface area (Å²) in [5, 5.41) is 6.85. The van der Waals surface area contributed by atoms with E-state index in [-0.39, 0.29) is 0 Å². The lowest BCUT2D eigenvalue weighted by Gasteiger charge is -2.25. The van der Waals surface area contributed by atoms with E-state index in [1.807, 2.05) is 56.5 Å². The number of hydrogen-bond acceptors (Lipinski definition) is 9. The van der Waals surface area contributed by atoms with Crippen LogP contribution in [0.25, 0.3) is 16.5 Å². The highest BCUT2D eigenvalue weighted by atomic mass is 15.7. The number of aryl methyl sites for hydroxylation is 1. The van der Waals surface area contributed by atoms with Crippen LogP contribution in [0, 0.1) is 6.92 Å². The molecule has 4 rings (SSSR count). The van der Waals surface area contributed by atoms with E-state index in [0.717, 1.165) is 39.7 Å². The molecule has 0 amide bonds. The summed E-state index contributed by atoms with van der Waals surface area (Å²) < 4.78 is 0. The van der Waals surface area contributed by atoms with E-state index in [1.165, 1.54) is 0 Å². The van der Waals surface area contributed by atoms with E-state index >= 15 is 0 Å². The summed E-state index contributed by atoms with van der Waals surface area (Å²) >= 11 is 0. The molecule has 3 aromatic heterocycles. The van der Waals surface area contributed by atoms with Crippen LogP contribution in [0.3, 0.4) is 0 Å². The monoisotopic (exact) mass is 405 g/mol. The number of hydrogen-bond donors (Lipinski definition) is 5. The molecule has 30 heavy (non-hydrogen) atoms. The van der Waals surface area contributed by atoms with Gasteiger partial charge in [-0.25, -0.2) is 15.0 Å². The van der Waals surface area contributed by atoms with Gasteiger partial charge in [0.15, 0.2) is 0 Å². The Kier molecular flexibility index (Phi) is 4.92. The summed E-state index contributed by atoms with van der Waals surface area (Å²) in [4.78, 5) is 13.5. The molecule has 9 nitrogen and oxygen atoms in total. The molecule has 0 fully saturated rings. The van der Waals surface area contributed by atoms with Crippen LogP contribution in [0.4, 0.5) is 17.5 Å². The van der Waals surface area contributed by atoms with Crippen molar-refractivity contribution in [2.24, 2.45) is 5.73 Å². The van der Waals surface area contributed by atoms with Crippen LogP contribution >= 0.6 is 0 Å². The second kappa shape index (κ2) is 7.43. The number of fused-ring (bicyclic) bond motifs is 1. The quantitative estimate of drug-likeness (QED) is 0.434. The predicted octanol–water partition coefficient (Wildman–Crippen LogP) is 2.50. The van der Waals surface area contributed by atoms with Crippen molar-refractivity contribution >= 4 is 33.9 Å². The molecule has 9 heteroatoms. The Balaban J connectivity index is 1.70. The van der Waals surface area contributed by atoms with Crippen LogP contribution in [0.15, 0.2) is 36.8 Å². The molecule has 0 bridgehead atoms. The minimum atomic E-state index is -0.418. The summed E-state index contributed by atoms with van der Waals surface area (Å²) in [5.41, 5.74) is 21.9. The van der Waals surface area contributed by atoms with E-state index in [0.29, 0.717) is 17.5 Å². The molecular formula is C21H27N9. The number of rotatable bonds is 5. The van der Waals surface area contributed by atoms with Gasteiger partial charge < -0.3 is 22.2 Å². The average molecular weight is 406 g/mol. The van der Waals surface area contributed by atoms with Crippen LogP contribution in [0.1, 0.15) is 37.1 Å². The maximum absolute atomic E-state index is 6.47. The maximum Gasteiger partial charge on any atom is 0.133 e. The number of pyridine rings is 3. The predicted molar refractivity (Wildman–Crippen MR) is 120 cm³/mol. The van der Waals surface area contributed by atoms with Crippen molar-refractivity contribution in [2.45, 2.75) is 32.7 Å². The first-order valence-corrected chi connectivity index (χ1v) is 9.83. The van der Waals surface area contributed by atoms with Crippen LogP contribution in [-0.2, 0) is 5.54 Å². The van der Waals surface area contributed by atoms with Gasteiger partial charge in [-0.3, -0.25) is 5.01 Å². The number of anilines is 3. The maximum atomic E-state index is 6.47. The molecule has 0 saturated carbocycles. The third kappa shape index (κ3) is 3.60. The fourth-order valence-corrected chi connectivity index (χ4v) is 3.50. The zero-order chi connectivity index (χ0) is 21.5. The molecule has 0 radical (unpaired) electrons. The fourth-order valence-electron chi connectivity index (χ4n) is 3.50. The molecule has 156 valence electrons. The van der Waals surface area contributed by atoms with Gasteiger partial charge in [-0.1, -0.05) is 6.92 Å². The highest BCUT2D eigenvalue weighted by molar-refractivity contribution is 5.93. The Hall–Kier alpha value is -3.43. The summed E-state index contributed by atoms with van der Waals surface area (Å²) in [6.07, 6.45) is 6.22. The van der Waals surface area contributed by atoms with Gasteiger partial charge in [0.05, 0.1) is 11.4 Å². The number of nitrogens with zero attached hydrogens (tertiary/aromatic N) is 4. The standard InChI is InChI=1S/C21H27N9/c1-5-21(3,23)15-8-19(24-9-12(15)2)28-18-7-13-6-16(17-11-26-29-30(17)4)27-20(22)14(13)10-25-18/h6-11,26,29H,5,23H2,1-4H3,(H2,22,27)(H,24,25,28)/t21-/m1/s1. The number of nitrogens with one attached hydrogen (secondary N) is 3. The summed E-state index contributed by atoms with van der Waals surface area (Å²) in [7, 11) is 1.90. The molecule has 3 aromatic rings. The average Bonchev–Trinajstić information content (AvgIpc) is 3.15. The minimum Gasteiger partial charge on any atom is -0.383 e. The summed E-state index contributed by atoms with van der Waals surface area (Å²) in [6.45, 7) is 6.14. The normalized spacial score (nSPS) is 15.6. The van der Waals surface area contributed by atoms with E-state index < -0.39 is 5.54 Å². The van der Waals surface area contributed by atoms with Gasteiger partial charge in [0, 0.05) is 36.6 Å². The molecule has 4 heterocycles. The van der Waals surface area contributed by atoms with Crippen molar-refractivity contribution in [1.82, 2.24) is 30.9 Å². The number of nitrogen functional groups attached to an aromatic ring is 1. The second-order valence-corrected chi connectivity index (χ2v) is 7.81. The molecule has 0 spiro atoms. The van der Waals surface area contributed by atoms with E-state index in [9.17, 15) is 0 Å². The van der Waals surface area contributed by atoms with Crippen molar-refractivity contribution in [3.05, 3.63) is 53.6 Å². The van der Waals surface area contributed by atoms with Crippen molar-refractivity contribution in [1.29, 1.82) is 0 Å². The van der Waals surface area contributed by atoms with E-state index in [1.54, 1.807) is 6.20 Å². The van der Waals surface area contributed by atoms with Crippen LogP contribution < -0.4 is 27.7 Å². The first-order valence-electron chi connectivity index (χ1n) is 9.83. The SMILES string of the molecule is CC[C@@](C)(N)c1cc(Nc2cc3cc(C4=CNNN4C)nc(N)c3cn2)ncc1C. The van der Waals surface area contributed by atoms with Crippen LogP contribution in [0.5, 0.6) is 0 Å². The zero-order valence-corrected chi connectivity index (χ0v) is 17.6. The van der Waals surface area contributed by atoms with Gasteiger partial charge in [0.1, 0.15) is 17.5 Å². The fraction of sp³-hybridized carbons (Fsp3) is 0.286. The number of hydrazine groups is 2. The third-order valence-corrected chi connectivity index (χ3v) is 5.52. The summed E-state index contributed by atoms with van der Waals surface area (Å²) in [6, 6.07) is 5.92. The van der Waals surface area contributed by atoms with E-state index in [4.69, 9.17) is 11.5 Å². The lowest BCUT2D eigenvalue weighted by Crippen LogP contribution is -2.33. The molecule has 0 unspecified atom stereocenters. The van der Waals surface area contributed by atoms with Crippen LogP contribution in [0.2, 0.25) is 0 Å². The molecule has 0 saturated heterocycles. The summed E-state index contributed by atoms with van der Waals surface area (Å²) in [5.74, 6) is 1.79. The Morgan fingerprint density at radius 2 is 1.90 bits per heavy atom. The topological polar surface area (TPSA) is 130 Å². The Morgan fingerprint density at radius 3 is 2.60 bits per heavy atom. The van der Waals surface area contributed by atoms with Gasteiger partial charge in [0.25, 0.3) is 0 Å². The first kappa shape index (κ1) is 19.9. The minimum absolute atomic E-state index is 0.418. The Morgan fingerprint density at radius 1 is 1.17 bits per heavy atom. The molecule has 7 N–H and O–H groups in total. The lowest BCUT2D eigenvalue weighted by molar-refractivity contribution is 0.343. The van der Waals surface area contributed by atoms with Crippen molar-refractivity contribution in [2.75, 3.05) is 18.1 Å². The lowest BCUT2D eigenvalue weighted by atomic mass is 9.88. The molecule has 0 aromatic carbocycles. The molecule has 0 aliphatic carbocycles. The smallest absolute Gasteiger partial charge is 0.133 e. The third-order valence-electron chi connectivity index (χ3n) is 5.52. The van der Waals surface area contributed by atoms with Crippen molar-refractivity contribution in [3.8, 4) is 0 Å². The van der Waals surface area contributed by atoms with Gasteiger partial charge >= 0.3 is 0 Å². The molecule has 1 aliphatic rings. The highest BCUT2D eigenvalue weighted by Gasteiger charge is 2.22. The Bertz CT molecular complexity index is 1140. The highest BCUT2D eigenvalue weighted by Crippen LogP contribution is 2.29. The number of aromatic nitrogens is 3. The van der Waals surface area contributed by atoms with Crippen molar-refractivity contribution in [3.63, 3.8) is 0 Å². The molecule has 1 atom stereocenters. The van der Waals surface area contributed by atoms with Gasteiger partial charge in [-0.2, -0.15) is 0 Å². The molecule has 1 aliphatic heterocycles. The largest absolute Gasteiger partial charge is 0.383 e. The zero-order valence-electron chi connectivity index (χ0n) is 17.6. The second-order valence-electron chi connectivity index (χ2n) is 7.81. The van der Waals surface area contributed by atoms with Gasteiger partial charge in [-0.05, 0) is 55.0 Å².